The number of hydrogen-bond donors (Lipinski definition) is 1. The topological polar surface area (TPSA) is 20.2 Å². The molecule has 92 valence electrons. The highest BCUT2D eigenvalue weighted by Gasteiger charge is 2.26. The highest BCUT2D eigenvalue weighted by molar-refractivity contribution is 9.10. The van der Waals surface area contributed by atoms with Crippen LogP contribution >= 0.6 is 15.9 Å². The highest BCUT2D eigenvalue weighted by atomic mass is 79.9. The Kier molecular flexibility index (Phi) is 4.05. The molecule has 1 aliphatic rings. The van der Waals surface area contributed by atoms with Crippen molar-refractivity contribution in [3.8, 4) is 0 Å². The molecule has 1 unspecified atom stereocenters. The van der Waals surface area contributed by atoms with Crippen LogP contribution in [0.15, 0.2) is 40.4 Å². The van der Waals surface area contributed by atoms with Crippen molar-refractivity contribution in [2.75, 3.05) is 0 Å². The van der Waals surface area contributed by atoms with Crippen molar-refractivity contribution < 1.29 is 5.11 Å². The zero-order valence-electron chi connectivity index (χ0n) is 10.2. The van der Waals surface area contributed by atoms with E-state index in [4.69, 9.17) is 0 Å². The van der Waals surface area contributed by atoms with E-state index < -0.39 is 5.60 Å². The summed E-state index contributed by atoms with van der Waals surface area (Å²) in [5.74, 6) is 0. The third kappa shape index (κ3) is 3.43. The van der Waals surface area contributed by atoms with Crippen LogP contribution in [-0.4, -0.2) is 10.7 Å². The molecule has 0 fully saturated rings. The van der Waals surface area contributed by atoms with Gasteiger partial charge in [-0.15, -0.1) is 0 Å². The molecule has 0 bridgehead atoms. The fourth-order valence-corrected chi connectivity index (χ4v) is 2.70. The molecule has 1 aromatic rings. The minimum atomic E-state index is -0.686. The number of allylic oxidation sites excluding steroid dienone is 1. The molecule has 0 saturated carbocycles. The van der Waals surface area contributed by atoms with Crippen molar-refractivity contribution in [3.05, 3.63) is 46.0 Å². The second-order valence-corrected chi connectivity index (χ2v) is 5.97. The predicted octanol–water partition coefficient (Wildman–Crippen LogP) is 4.24. The van der Waals surface area contributed by atoms with E-state index in [1.165, 1.54) is 24.0 Å². The summed E-state index contributed by atoms with van der Waals surface area (Å²) < 4.78 is 1.08. The first-order valence-electron chi connectivity index (χ1n) is 6.24. The van der Waals surface area contributed by atoms with Crippen molar-refractivity contribution in [2.45, 2.75) is 44.6 Å². The third-order valence-electron chi connectivity index (χ3n) is 3.44. The Hall–Kier alpha value is -0.600. The van der Waals surface area contributed by atoms with Crippen LogP contribution < -0.4 is 0 Å². The Morgan fingerprint density at radius 2 is 1.94 bits per heavy atom. The zero-order chi connectivity index (χ0) is 12.3. The largest absolute Gasteiger partial charge is 0.385 e. The average molecular weight is 295 g/mol. The van der Waals surface area contributed by atoms with Crippen LogP contribution in [-0.2, 0) is 6.42 Å². The molecule has 1 nitrogen and oxygen atoms in total. The van der Waals surface area contributed by atoms with E-state index in [0.29, 0.717) is 6.42 Å². The van der Waals surface area contributed by atoms with Gasteiger partial charge in [0.1, 0.15) is 0 Å². The van der Waals surface area contributed by atoms with E-state index in [1.54, 1.807) is 0 Å². The molecule has 0 saturated heterocycles. The maximum Gasteiger partial charge on any atom is 0.0868 e. The molecule has 1 aliphatic carbocycles. The molecule has 1 N–H and O–H groups in total. The third-order valence-corrected chi connectivity index (χ3v) is 3.97. The zero-order valence-corrected chi connectivity index (χ0v) is 11.8. The van der Waals surface area contributed by atoms with Crippen LogP contribution in [0.4, 0.5) is 0 Å². The fraction of sp³-hybridized carbons (Fsp3) is 0.467. The molecule has 1 aromatic carbocycles. The van der Waals surface area contributed by atoms with E-state index >= 15 is 0 Å². The molecule has 0 amide bonds. The van der Waals surface area contributed by atoms with E-state index in [2.05, 4.69) is 34.1 Å². The van der Waals surface area contributed by atoms with Crippen LogP contribution in [0, 0.1) is 0 Å². The van der Waals surface area contributed by atoms with Gasteiger partial charge < -0.3 is 5.11 Å². The van der Waals surface area contributed by atoms with Gasteiger partial charge in [0.25, 0.3) is 0 Å². The number of rotatable bonds is 3. The van der Waals surface area contributed by atoms with Crippen LogP contribution in [0.2, 0.25) is 0 Å². The van der Waals surface area contributed by atoms with Gasteiger partial charge in [-0.1, -0.05) is 34.1 Å². The standard InChI is InChI=1S/C15H19BrO/c1-15(17,13-5-3-2-4-6-13)11-12-7-9-14(16)10-8-12/h5,7-10,17H,2-4,6,11H2,1H3. The number of aliphatic hydroxyl groups is 1. The van der Waals surface area contributed by atoms with Gasteiger partial charge in [0.05, 0.1) is 5.60 Å². The molecule has 0 aliphatic heterocycles. The lowest BCUT2D eigenvalue weighted by Gasteiger charge is -2.29. The average Bonchev–Trinajstić information content (AvgIpc) is 2.33. The molecular formula is C15H19BrO. The van der Waals surface area contributed by atoms with Gasteiger partial charge in [-0.3, -0.25) is 0 Å². The quantitative estimate of drug-likeness (QED) is 0.827. The van der Waals surface area contributed by atoms with E-state index in [0.717, 1.165) is 17.3 Å². The lowest BCUT2D eigenvalue weighted by atomic mass is 9.83. The van der Waals surface area contributed by atoms with Crippen molar-refractivity contribution >= 4 is 15.9 Å². The van der Waals surface area contributed by atoms with Crippen LogP contribution in [0.25, 0.3) is 0 Å². The highest BCUT2D eigenvalue weighted by Crippen LogP contribution is 2.30. The van der Waals surface area contributed by atoms with Crippen molar-refractivity contribution in [1.29, 1.82) is 0 Å². The second-order valence-electron chi connectivity index (χ2n) is 5.05. The van der Waals surface area contributed by atoms with E-state index in [1.807, 2.05) is 19.1 Å². The van der Waals surface area contributed by atoms with Gasteiger partial charge in [-0.2, -0.15) is 0 Å². The van der Waals surface area contributed by atoms with Crippen LogP contribution in [0.1, 0.15) is 38.2 Å². The summed E-state index contributed by atoms with van der Waals surface area (Å²) in [5.41, 5.74) is 1.71. The summed E-state index contributed by atoms with van der Waals surface area (Å²) in [6.45, 7) is 1.94. The maximum absolute atomic E-state index is 10.6. The SMILES string of the molecule is CC(O)(Cc1ccc(Br)cc1)C1=CCCCC1. The summed E-state index contributed by atoms with van der Waals surface area (Å²) >= 11 is 3.43. The molecule has 0 radical (unpaired) electrons. The molecule has 0 heterocycles. The first-order valence-corrected chi connectivity index (χ1v) is 7.03. The molecular weight excluding hydrogens is 276 g/mol. The molecule has 2 rings (SSSR count). The summed E-state index contributed by atoms with van der Waals surface area (Å²) in [5, 5.41) is 10.6. The molecule has 1 atom stereocenters. The first-order chi connectivity index (χ1) is 8.08. The molecule has 17 heavy (non-hydrogen) atoms. The minimum absolute atomic E-state index is 0.686. The molecule has 0 aromatic heterocycles. The summed E-state index contributed by atoms with van der Waals surface area (Å²) in [6, 6.07) is 8.20. The lowest BCUT2D eigenvalue weighted by Crippen LogP contribution is -2.30. The smallest absolute Gasteiger partial charge is 0.0868 e. The van der Waals surface area contributed by atoms with Crippen LogP contribution in [0.5, 0.6) is 0 Å². The summed E-state index contributed by atoms with van der Waals surface area (Å²) in [7, 11) is 0. The van der Waals surface area contributed by atoms with Crippen molar-refractivity contribution in [3.63, 3.8) is 0 Å². The van der Waals surface area contributed by atoms with Gasteiger partial charge in [0, 0.05) is 10.9 Å². The number of hydrogen-bond acceptors (Lipinski definition) is 1. The van der Waals surface area contributed by atoms with Gasteiger partial charge in [-0.25, -0.2) is 0 Å². The Bertz CT molecular complexity index is 403. The number of benzene rings is 1. The van der Waals surface area contributed by atoms with E-state index in [-0.39, 0.29) is 0 Å². The first kappa shape index (κ1) is 12.8. The van der Waals surface area contributed by atoms with Gasteiger partial charge >= 0.3 is 0 Å². The summed E-state index contributed by atoms with van der Waals surface area (Å²) in [4.78, 5) is 0. The molecule has 0 spiro atoms. The Morgan fingerprint density at radius 3 is 2.53 bits per heavy atom. The van der Waals surface area contributed by atoms with Crippen molar-refractivity contribution in [2.24, 2.45) is 0 Å². The minimum Gasteiger partial charge on any atom is -0.385 e. The summed E-state index contributed by atoms with van der Waals surface area (Å²) in [6.07, 6.45) is 7.56. The monoisotopic (exact) mass is 294 g/mol. The van der Waals surface area contributed by atoms with Gasteiger partial charge in [-0.05, 0) is 55.9 Å². The molecule has 2 heteroatoms. The Morgan fingerprint density at radius 1 is 1.24 bits per heavy atom. The fourth-order valence-electron chi connectivity index (χ4n) is 2.44. The van der Waals surface area contributed by atoms with Gasteiger partial charge in [0.15, 0.2) is 0 Å². The lowest BCUT2D eigenvalue weighted by molar-refractivity contribution is 0.0933. The maximum atomic E-state index is 10.6. The normalized spacial score (nSPS) is 19.6. The van der Waals surface area contributed by atoms with Crippen molar-refractivity contribution in [1.82, 2.24) is 0 Å². The number of halogens is 1. The Balaban J connectivity index is 2.10. The predicted molar refractivity (Wildman–Crippen MR) is 75.0 cm³/mol. The van der Waals surface area contributed by atoms with Crippen LogP contribution in [0.3, 0.4) is 0 Å². The van der Waals surface area contributed by atoms with Gasteiger partial charge in [0.2, 0.25) is 0 Å². The van der Waals surface area contributed by atoms with E-state index in [9.17, 15) is 5.11 Å². The Labute approximate surface area is 112 Å². The second kappa shape index (κ2) is 5.36.